The van der Waals surface area contributed by atoms with Crippen LogP contribution in [0.15, 0.2) is 74.7 Å². The van der Waals surface area contributed by atoms with Crippen LogP contribution < -0.4 is 26.3 Å². The molecule has 9 heterocycles. The van der Waals surface area contributed by atoms with E-state index in [1.165, 1.54) is 57.7 Å². The number of phosphoric acid groups is 4. The van der Waals surface area contributed by atoms with Gasteiger partial charge in [0.25, 0.3) is 17.6 Å². The highest BCUT2D eigenvalue weighted by Crippen LogP contribution is 2.48. The summed E-state index contributed by atoms with van der Waals surface area (Å²) in [5.41, 5.74) is 7.44. The molecule has 3 saturated heterocycles. The van der Waals surface area contributed by atoms with Crippen LogP contribution in [0.25, 0.3) is 22.3 Å². The van der Waals surface area contributed by atoms with Crippen molar-refractivity contribution in [2.45, 2.75) is 144 Å². The molecular weight excluding hydrogens is 1420 g/mol. The lowest BCUT2D eigenvalue weighted by atomic mass is 10.1. The minimum atomic E-state index is -4.74. The summed E-state index contributed by atoms with van der Waals surface area (Å²) in [4.78, 5) is 117. The number of phosphoric ester groups is 4. The number of anilines is 2. The number of amides is 2. The predicted octanol–water partition coefficient (Wildman–Crippen LogP) is -3.22. The number of hydrogen-bond acceptors (Lipinski definition) is 30. The minimum absolute atomic E-state index is 0.141. The summed E-state index contributed by atoms with van der Waals surface area (Å²) in [5.74, 6) is -0.754. The van der Waals surface area contributed by atoms with Crippen molar-refractivity contribution in [1.82, 2.24) is 54.5 Å². The molecule has 100 heavy (non-hydrogen) atoms. The lowest BCUT2D eigenvalue weighted by Crippen LogP contribution is -2.45. The molecule has 0 radical (unpaired) electrons. The number of imidazole rings is 2. The first-order chi connectivity index (χ1) is 46.7. The maximum atomic E-state index is 11.4. The second-order valence-electron chi connectivity index (χ2n) is 24.1. The summed E-state index contributed by atoms with van der Waals surface area (Å²) in [7, 11) is -17.0. The Balaban J connectivity index is 0.000000171. The maximum absolute atomic E-state index is 11.4. The Kier molecular flexibility index (Phi) is 26.6. The van der Waals surface area contributed by atoms with Crippen LogP contribution in [-0.2, 0) is 76.7 Å². The lowest BCUT2D eigenvalue weighted by Gasteiger charge is -2.34. The SMILES string of the molecule is C=C1NC(=O)C=CN1[C@@H]1CC(COP(=O)(O)O)[C@@H](O)C1O.C=C1NC(=O)C=CN1[C@@H]1CC(COP(=O)(O)O)[C@H]2OC(C)(C)OC21.CCCCOCCCNc1ncnc2c1ncn2[C@@H]1OC(COP(=O)(O)O)[C@@H](O)[C@H]1O.C[n+]1cnc2c(ncn2[C@@H]2OC(COP(=O)(O)O)[C@@H](O)[C@H]2O)c1N. The summed E-state index contributed by atoms with van der Waals surface area (Å²) in [6.45, 7) is 13.5. The Bertz CT molecular complexity index is 3790. The van der Waals surface area contributed by atoms with Crippen LogP contribution in [0.5, 0.6) is 0 Å². The molecule has 43 nitrogen and oxygen atoms in total. The molecule has 47 heteroatoms. The molecule has 19 N–H and O–H groups in total. The van der Waals surface area contributed by atoms with E-state index in [1.807, 2.05) is 0 Å². The number of aryl methyl sites for hydroxylation is 1. The number of rotatable bonds is 24. The number of nitrogens with one attached hydrogen (secondary N) is 3. The zero-order valence-corrected chi connectivity index (χ0v) is 57.6. The smallest absolute Gasteiger partial charge is 0.390 e. The van der Waals surface area contributed by atoms with Crippen molar-refractivity contribution in [3.63, 3.8) is 0 Å². The standard InChI is InChI=1S/C17H28N5O8P.C14H21N2O7P.C11H16N5O7P.C11H17N2O7P/c1-2-3-6-28-7-4-5-18-15-12-16(20-9-19-15)22(10-21-12)17-14(24)13(23)11(30-17)8-29-31(25,26)27;1-8-15-11(17)4-5-16(8)10-6-9(7-21-24(18,19)20)12-13(10)23-14(2,3)22-12;1-15-3-14-10-6(9(15)12)13-4-16(10)11-8(18)7(17)5(23-11)2-22-24(19,20)21;1-6-12-9(14)2-3-13(6)8-4-7(10(15)11(8)16)5-20-21(17,18)19/h9-11,13-14,17,23-24H,2-8H2,1H3,(H,18,19,20)(H2,25,26,27);4-5,9-10,12-13H,1,6-7H2,2-3H3,(H,15,17)(H2,18,19,20);3-5,7-8,11-12,17-18H,2H2,1H3,(H2,19,20,21);2-3,7-8,10-11,15-16H,1,4-5H2,(H,12,14)(H2,17,18,19)/p+1/t11?,13-,14-,17-;9?,10-,12-,13?;5?,7-,8-,11-;7?,8-,10-,11?/m1111/s1. The summed E-state index contributed by atoms with van der Waals surface area (Å²) in [6.07, 6.45) is 1.89. The highest BCUT2D eigenvalue weighted by molar-refractivity contribution is 7.47. The zero-order chi connectivity index (χ0) is 73.6. The van der Waals surface area contributed by atoms with E-state index in [2.05, 4.69) is 79.0 Å². The number of aromatic nitrogens is 8. The quantitative estimate of drug-likeness (QED) is 0.0186. The molecule has 0 aromatic carbocycles. The van der Waals surface area contributed by atoms with E-state index in [0.717, 1.165) is 25.9 Å². The van der Waals surface area contributed by atoms with Crippen molar-refractivity contribution >= 4 is 77.1 Å². The maximum Gasteiger partial charge on any atom is 0.469 e. The average Bonchev–Trinajstić information content (AvgIpc) is 1.61. The number of nitrogens with zero attached hydrogens (tertiary/aromatic N) is 10. The number of ether oxygens (including phenoxy) is 5. The molecule has 5 aliphatic heterocycles. The normalized spacial score (nSPS) is 29.7. The van der Waals surface area contributed by atoms with Crippen molar-refractivity contribution < 1.29 is 144 Å². The Labute approximate surface area is 568 Å². The number of unbranched alkanes of at least 4 members (excludes halogenated alkanes) is 1. The molecule has 4 aromatic heterocycles. The van der Waals surface area contributed by atoms with E-state index in [9.17, 15) is 58.5 Å². The van der Waals surface area contributed by atoms with Gasteiger partial charge in [-0.3, -0.25) is 36.8 Å². The average molecular weight is 1500 g/mol. The summed E-state index contributed by atoms with van der Waals surface area (Å²) in [5, 5.41) is 69.0. The Hall–Kier alpha value is -5.80. The third kappa shape index (κ3) is 20.8. The number of carbonyl (C=O) groups excluding carboxylic acids is 2. The molecule has 558 valence electrons. The molecule has 11 rings (SSSR count). The molecule has 2 aliphatic carbocycles. The summed E-state index contributed by atoms with van der Waals surface area (Å²) >= 11 is 0. The van der Waals surface area contributed by atoms with E-state index < -0.39 is 124 Å². The molecule has 5 fully saturated rings. The number of hydrogen-bond donors (Lipinski definition) is 18. The molecule has 6 unspecified atom stereocenters. The van der Waals surface area contributed by atoms with Crippen molar-refractivity contribution in [1.29, 1.82) is 0 Å². The van der Waals surface area contributed by atoms with Crippen LogP contribution in [0.2, 0.25) is 0 Å². The first-order valence-electron chi connectivity index (χ1n) is 30.7. The number of carbonyl (C=O) groups is 2. The van der Waals surface area contributed by atoms with Crippen LogP contribution in [0, 0.1) is 11.8 Å². The van der Waals surface area contributed by atoms with Crippen LogP contribution in [0.1, 0.15) is 65.3 Å². The number of nitrogens with two attached hydrogens (primary N) is 1. The van der Waals surface area contributed by atoms with Gasteiger partial charge < -0.3 is 125 Å². The predicted molar refractivity (Wildman–Crippen MR) is 337 cm³/mol. The second kappa shape index (κ2) is 33.3. The van der Waals surface area contributed by atoms with Gasteiger partial charge in [-0.1, -0.05) is 31.5 Å². The fourth-order valence-corrected chi connectivity index (χ4v) is 13.1. The van der Waals surface area contributed by atoms with E-state index in [4.69, 9.17) is 68.6 Å². The van der Waals surface area contributed by atoms with Gasteiger partial charge in [0, 0.05) is 56.1 Å². The number of nitrogen functional groups attached to an aromatic ring is 1. The third-order valence-electron chi connectivity index (χ3n) is 16.4. The topological polar surface area (TPSA) is 615 Å². The molecule has 2 saturated carbocycles. The molecule has 4 aromatic rings. The Morgan fingerprint density at radius 2 is 1.10 bits per heavy atom. The van der Waals surface area contributed by atoms with Gasteiger partial charge in [-0.15, -0.1) is 0 Å². The number of fused-ring (bicyclic) bond motifs is 3. The van der Waals surface area contributed by atoms with E-state index in [1.54, 1.807) is 36.6 Å². The Morgan fingerprint density at radius 1 is 0.630 bits per heavy atom. The van der Waals surface area contributed by atoms with Gasteiger partial charge in [0.1, 0.15) is 73.1 Å². The first kappa shape index (κ1) is 79.9. The zero-order valence-electron chi connectivity index (χ0n) is 54.0. The lowest BCUT2D eigenvalue weighted by molar-refractivity contribution is -0.658. The molecular formula is C53H83N14O29P4+. The number of aliphatic hydroxyl groups excluding tert-OH is 6. The van der Waals surface area contributed by atoms with Crippen LogP contribution >= 0.6 is 31.3 Å². The van der Waals surface area contributed by atoms with E-state index in [-0.39, 0.29) is 61.4 Å². The second-order valence-corrected chi connectivity index (χ2v) is 29.0. The summed E-state index contributed by atoms with van der Waals surface area (Å²) < 4.78 is 94.0. The minimum Gasteiger partial charge on any atom is -0.390 e. The van der Waals surface area contributed by atoms with Crippen LogP contribution in [-0.4, -0.2) is 251 Å². The molecule has 0 bridgehead atoms. The number of aliphatic hydroxyl groups is 6. The molecule has 7 aliphatic rings. The molecule has 16 atom stereocenters. The van der Waals surface area contributed by atoms with Gasteiger partial charge in [0.05, 0.1) is 64.1 Å². The van der Waals surface area contributed by atoms with Gasteiger partial charge >= 0.3 is 31.3 Å². The van der Waals surface area contributed by atoms with Gasteiger partial charge in [-0.05, 0) is 39.5 Å². The van der Waals surface area contributed by atoms with Gasteiger partial charge in [0.2, 0.25) is 12.0 Å². The van der Waals surface area contributed by atoms with Crippen molar-refractivity contribution in [3.8, 4) is 0 Å². The van der Waals surface area contributed by atoms with Crippen LogP contribution in [0.3, 0.4) is 0 Å². The van der Waals surface area contributed by atoms with Gasteiger partial charge in [0.15, 0.2) is 40.7 Å². The largest absolute Gasteiger partial charge is 0.469 e. The first-order valence-corrected chi connectivity index (χ1v) is 36.8. The van der Waals surface area contributed by atoms with Crippen molar-refractivity contribution in [3.05, 3.63) is 74.7 Å². The Morgan fingerprint density at radius 3 is 1.62 bits per heavy atom. The summed E-state index contributed by atoms with van der Waals surface area (Å²) in [6, 6.07) is -0.763. The fraction of sp³-hybridized carbons (Fsp3) is 0.623. The fourth-order valence-electron chi connectivity index (χ4n) is 11.7. The monoisotopic (exact) mass is 1500 g/mol. The van der Waals surface area contributed by atoms with Crippen molar-refractivity contribution in [2.24, 2.45) is 18.9 Å². The third-order valence-corrected chi connectivity index (χ3v) is 18.4. The van der Waals surface area contributed by atoms with Crippen molar-refractivity contribution in [2.75, 3.05) is 57.2 Å². The van der Waals surface area contributed by atoms with E-state index in [0.29, 0.717) is 59.4 Å². The van der Waals surface area contributed by atoms with E-state index >= 15 is 0 Å². The van der Waals surface area contributed by atoms with Gasteiger partial charge in [-0.25, -0.2) is 42.8 Å². The van der Waals surface area contributed by atoms with Crippen LogP contribution in [0.4, 0.5) is 11.6 Å². The highest BCUT2D eigenvalue weighted by Gasteiger charge is 2.56. The molecule has 2 amide bonds. The van der Waals surface area contributed by atoms with Gasteiger partial charge in [-0.2, -0.15) is 0 Å². The molecule has 0 spiro atoms. The highest BCUT2D eigenvalue weighted by atomic mass is 31.2.